The Bertz CT molecular complexity index is 535. The van der Waals surface area contributed by atoms with Crippen LogP contribution in [-0.4, -0.2) is 68.7 Å². The largest absolute Gasteiger partial charge is 0.493 e. The number of rotatable bonds is 7. The lowest BCUT2D eigenvalue weighted by Gasteiger charge is -2.29. The summed E-state index contributed by atoms with van der Waals surface area (Å²) in [5.41, 5.74) is 1.20. The van der Waals surface area contributed by atoms with Crippen LogP contribution in [0.3, 0.4) is 0 Å². The Morgan fingerprint density at radius 3 is 2.52 bits per heavy atom. The van der Waals surface area contributed by atoms with Crippen LogP contribution in [0, 0.1) is 0 Å². The summed E-state index contributed by atoms with van der Waals surface area (Å²) in [4.78, 5) is 9.28. The van der Waals surface area contributed by atoms with Crippen molar-refractivity contribution < 1.29 is 9.47 Å². The quantitative estimate of drug-likeness (QED) is 0.764. The summed E-state index contributed by atoms with van der Waals surface area (Å²) in [6.45, 7) is 3.74. The summed E-state index contributed by atoms with van der Waals surface area (Å²) in [7, 11) is 7.54. The van der Waals surface area contributed by atoms with Gasteiger partial charge in [0, 0.05) is 31.9 Å². The van der Waals surface area contributed by atoms with Crippen LogP contribution in [0.15, 0.2) is 23.2 Å². The van der Waals surface area contributed by atoms with Gasteiger partial charge in [-0.2, -0.15) is 0 Å². The van der Waals surface area contributed by atoms with E-state index in [0.717, 1.165) is 48.6 Å². The van der Waals surface area contributed by atoms with Gasteiger partial charge >= 0.3 is 0 Å². The first-order valence-corrected chi connectivity index (χ1v) is 8.90. The molecule has 2 rings (SSSR count). The van der Waals surface area contributed by atoms with Gasteiger partial charge in [-0.1, -0.05) is 17.8 Å². The molecule has 0 fully saturated rings. The fraction of sp³-hybridized carbons (Fsp3) is 0.588. The standard InChI is InChI=1S/C17H27N3O2S/c1-19(2)9-10-20(17-18-8-5-11-23-17)13-14-6-7-15(21-3)16(12-14)22-4/h6-7,12H,5,8-11,13H2,1-4H3. The molecule has 0 N–H and O–H groups in total. The Hall–Kier alpha value is -1.40. The molecule has 0 radical (unpaired) electrons. The van der Waals surface area contributed by atoms with E-state index in [0.29, 0.717) is 0 Å². The Morgan fingerprint density at radius 2 is 1.91 bits per heavy atom. The van der Waals surface area contributed by atoms with Crippen molar-refractivity contribution in [3.63, 3.8) is 0 Å². The number of hydrogen-bond donors (Lipinski definition) is 0. The van der Waals surface area contributed by atoms with E-state index in [1.165, 1.54) is 12.0 Å². The highest BCUT2D eigenvalue weighted by molar-refractivity contribution is 8.13. The molecule has 1 heterocycles. The van der Waals surface area contributed by atoms with Crippen LogP contribution in [0.5, 0.6) is 11.5 Å². The van der Waals surface area contributed by atoms with Gasteiger partial charge in [0.1, 0.15) is 0 Å². The fourth-order valence-corrected chi connectivity index (χ4v) is 3.38. The van der Waals surface area contributed by atoms with Gasteiger partial charge in [0.25, 0.3) is 0 Å². The minimum Gasteiger partial charge on any atom is -0.493 e. The number of aliphatic imine (C=N–C) groups is 1. The van der Waals surface area contributed by atoms with Crippen molar-refractivity contribution in [1.29, 1.82) is 0 Å². The average Bonchev–Trinajstić information content (AvgIpc) is 2.59. The van der Waals surface area contributed by atoms with Crippen molar-refractivity contribution in [2.75, 3.05) is 53.7 Å². The number of benzene rings is 1. The minimum absolute atomic E-state index is 0.764. The van der Waals surface area contributed by atoms with Gasteiger partial charge in [0.2, 0.25) is 0 Å². The smallest absolute Gasteiger partial charge is 0.161 e. The monoisotopic (exact) mass is 337 g/mol. The number of methoxy groups -OCH3 is 2. The fourth-order valence-electron chi connectivity index (χ4n) is 2.40. The van der Waals surface area contributed by atoms with Gasteiger partial charge in [-0.15, -0.1) is 0 Å². The van der Waals surface area contributed by atoms with Crippen LogP contribution in [0.4, 0.5) is 0 Å². The van der Waals surface area contributed by atoms with Crippen molar-refractivity contribution in [3.05, 3.63) is 23.8 Å². The molecule has 0 saturated carbocycles. The molecular weight excluding hydrogens is 310 g/mol. The zero-order valence-corrected chi connectivity index (χ0v) is 15.4. The molecule has 5 nitrogen and oxygen atoms in total. The first kappa shape index (κ1) is 17.9. The normalized spacial score (nSPS) is 14.6. The van der Waals surface area contributed by atoms with E-state index in [1.807, 2.05) is 17.8 Å². The average molecular weight is 337 g/mol. The molecule has 6 heteroatoms. The number of likely N-dealkylation sites (N-methyl/N-ethyl adjacent to an activating group) is 1. The second-order valence-corrected chi connectivity index (χ2v) is 6.84. The summed E-state index contributed by atoms with van der Waals surface area (Å²) in [5.74, 6) is 2.69. The summed E-state index contributed by atoms with van der Waals surface area (Å²) in [6, 6.07) is 6.11. The molecule has 0 amide bonds. The number of ether oxygens (including phenoxy) is 2. The van der Waals surface area contributed by atoms with Crippen LogP contribution in [0.25, 0.3) is 0 Å². The summed E-state index contributed by atoms with van der Waals surface area (Å²) in [6.07, 6.45) is 1.17. The van der Waals surface area contributed by atoms with Gasteiger partial charge in [0.05, 0.1) is 14.2 Å². The summed E-state index contributed by atoms with van der Waals surface area (Å²) >= 11 is 1.86. The Balaban J connectivity index is 2.14. The van der Waals surface area contributed by atoms with Gasteiger partial charge in [-0.25, -0.2) is 0 Å². The third kappa shape index (κ3) is 5.32. The Morgan fingerprint density at radius 1 is 1.13 bits per heavy atom. The summed E-state index contributed by atoms with van der Waals surface area (Å²) in [5, 5.41) is 1.16. The van der Waals surface area contributed by atoms with E-state index in [2.05, 4.69) is 36.0 Å². The predicted molar refractivity (Wildman–Crippen MR) is 97.9 cm³/mol. The van der Waals surface area contributed by atoms with Crippen LogP contribution >= 0.6 is 11.8 Å². The van der Waals surface area contributed by atoms with Gasteiger partial charge < -0.3 is 19.3 Å². The molecule has 0 aromatic heterocycles. The molecule has 128 valence electrons. The maximum Gasteiger partial charge on any atom is 0.161 e. The Kier molecular flexibility index (Phi) is 7.05. The SMILES string of the molecule is COc1ccc(CN(CCN(C)C)C2=NCCCS2)cc1OC. The molecule has 0 atom stereocenters. The third-order valence-electron chi connectivity index (χ3n) is 3.69. The molecule has 1 aliphatic rings. The van der Waals surface area contributed by atoms with Crippen molar-refractivity contribution >= 4 is 16.9 Å². The van der Waals surface area contributed by atoms with Crippen LogP contribution < -0.4 is 9.47 Å². The van der Waals surface area contributed by atoms with Crippen LogP contribution in [0.2, 0.25) is 0 Å². The molecular formula is C17H27N3O2S. The van der Waals surface area contributed by atoms with Crippen LogP contribution in [-0.2, 0) is 6.54 Å². The molecule has 0 unspecified atom stereocenters. The van der Waals surface area contributed by atoms with E-state index < -0.39 is 0 Å². The zero-order valence-electron chi connectivity index (χ0n) is 14.5. The lowest BCUT2D eigenvalue weighted by molar-refractivity contribution is 0.326. The van der Waals surface area contributed by atoms with Crippen molar-refractivity contribution in [3.8, 4) is 11.5 Å². The minimum atomic E-state index is 0.764. The molecule has 0 bridgehead atoms. The molecule has 0 saturated heterocycles. The summed E-state index contributed by atoms with van der Waals surface area (Å²) < 4.78 is 10.7. The highest BCUT2D eigenvalue weighted by Crippen LogP contribution is 2.28. The number of nitrogens with zero attached hydrogens (tertiary/aromatic N) is 3. The van der Waals surface area contributed by atoms with E-state index >= 15 is 0 Å². The number of thioether (sulfide) groups is 1. The molecule has 1 aliphatic heterocycles. The zero-order chi connectivity index (χ0) is 16.7. The van der Waals surface area contributed by atoms with E-state index in [4.69, 9.17) is 14.5 Å². The third-order valence-corrected chi connectivity index (χ3v) is 4.83. The number of amidine groups is 1. The highest BCUT2D eigenvalue weighted by atomic mass is 32.2. The van der Waals surface area contributed by atoms with Crippen molar-refractivity contribution in [2.45, 2.75) is 13.0 Å². The molecule has 1 aromatic rings. The molecule has 0 aliphatic carbocycles. The van der Waals surface area contributed by atoms with Gasteiger partial charge in [-0.3, -0.25) is 4.99 Å². The van der Waals surface area contributed by atoms with E-state index in [9.17, 15) is 0 Å². The second kappa shape index (κ2) is 9.03. The van der Waals surface area contributed by atoms with E-state index in [1.54, 1.807) is 14.2 Å². The Labute approximate surface area is 143 Å². The maximum absolute atomic E-state index is 5.41. The van der Waals surface area contributed by atoms with Crippen LogP contribution in [0.1, 0.15) is 12.0 Å². The topological polar surface area (TPSA) is 37.3 Å². The van der Waals surface area contributed by atoms with Gasteiger partial charge in [0.15, 0.2) is 16.7 Å². The lowest BCUT2D eigenvalue weighted by atomic mass is 10.2. The lowest BCUT2D eigenvalue weighted by Crippen LogP contribution is -2.36. The second-order valence-electron chi connectivity index (χ2n) is 5.78. The predicted octanol–water partition coefficient (Wildman–Crippen LogP) is 2.56. The van der Waals surface area contributed by atoms with Crippen molar-refractivity contribution in [2.24, 2.45) is 4.99 Å². The van der Waals surface area contributed by atoms with E-state index in [-0.39, 0.29) is 0 Å². The first-order valence-electron chi connectivity index (χ1n) is 7.92. The first-order chi connectivity index (χ1) is 11.1. The number of hydrogen-bond acceptors (Lipinski definition) is 6. The highest BCUT2D eigenvalue weighted by Gasteiger charge is 2.16. The maximum atomic E-state index is 5.41. The molecule has 1 aromatic carbocycles. The van der Waals surface area contributed by atoms with Crippen molar-refractivity contribution in [1.82, 2.24) is 9.80 Å². The molecule has 23 heavy (non-hydrogen) atoms. The molecule has 0 spiro atoms. The van der Waals surface area contributed by atoms with Gasteiger partial charge in [-0.05, 0) is 38.2 Å².